The summed E-state index contributed by atoms with van der Waals surface area (Å²) < 4.78 is 5.55. The zero-order valence-electron chi connectivity index (χ0n) is 11.1. The van der Waals surface area contributed by atoms with Crippen molar-refractivity contribution < 1.29 is 14.6 Å². The molecule has 1 aromatic rings. The Kier molecular flexibility index (Phi) is 3.97. The van der Waals surface area contributed by atoms with Crippen LogP contribution >= 0.6 is 0 Å². The van der Waals surface area contributed by atoms with Crippen molar-refractivity contribution >= 4 is 17.2 Å². The number of carbonyl (C=O) groups is 1. The Labute approximate surface area is 112 Å². The van der Waals surface area contributed by atoms with E-state index in [9.17, 15) is 4.79 Å². The first kappa shape index (κ1) is 13.7. The molecule has 1 fully saturated rings. The molecule has 5 heteroatoms. The summed E-state index contributed by atoms with van der Waals surface area (Å²) in [6, 6.07) is 7.23. The molecule has 0 amide bonds. The minimum atomic E-state index is -0.410. The van der Waals surface area contributed by atoms with Gasteiger partial charge in [-0.3, -0.25) is 10.2 Å². The molecule has 0 saturated carbocycles. The first-order chi connectivity index (χ1) is 9.00. The molecule has 19 heavy (non-hydrogen) atoms. The van der Waals surface area contributed by atoms with Gasteiger partial charge >= 0.3 is 0 Å². The lowest BCUT2D eigenvalue weighted by Gasteiger charge is -2.29. The summed E-state index contributed by atoms with van der Waals surface area (Å²) in [6.07, 6.45) is 0.337. The lowest BCUT2D eigenvalue weighted by Crippen LogP contribution is -2.40. The van der Waals surface area contributed by atoms with Crippen LogP contribution in [0, 0.1) is 0 Å². The van der Waals surface area contributed by atoms with Crippen LogP contribution in [0.5, 0.6) is 0 Å². The Morgan fingerprint density at radius 1 is 1.47 bits per heavy atom. The van der Waals surface area contributed by atoms with Crippen LogP contribution in [0.4, 0.5) is 5.69 Å². The summed E-state index contributed by atoms with van der Waals surface area (Å²) in [5.41, 5.74) is 4.33. The van der Waals surface area contributed by atoms with Crippen LogP contribution in [-0.2, 0) is 16.1 Å². The summed E-state index contributed by atoms with van der Waals surface area (Å²) >= 11 is 0. The van der Waals surface area contributed by atoms with Gasteiger partial charge in [0.1, 0.15) is 5.71 Å². The Hall–Kier alpha value is -1.72. The lowest BCUT2D eigenvalue weighted by atomic mass is 9.96. The van der Waals surface area contributed by atoms with Gasteiger partial charge < -0.3 is 9.84 Å². The fraction of sp³-hybridized carbons (Fsp3) is 0.429. The molecule has 0 aromatic heterocycles. The Bertz CT molecular complexity index is 509. The van der Waals surface area contributed by atoms with E-state index in [-0.39, 0.29) is 19.0 Å². The van der Waals surface area contributed by atoms with Crippen molar-refractivity contribution in [1.29, 1.82) is 0 Å². The number of benzene rings is 1. The second-order valence-electron chi connectivity index (χ2n) is 5.18. The number of ketones is 1. The number of carbonyl (C=O) groups excluding carboxylic acids is 1. The van der Waals surface area contributed by atoms with Crippen molar-refractivity contribution in [3.63, 3.8) is 0 Å². The minimum Gasteiger partial charge on any atom is -0.392 e. The molecule has 0 unspecified atom stereocenters. The molecule has 0 spiro atoms. The van der Waals surface area contributed by atoms with Gasteiger partial charge in [-0.1, -0.05) is 12.1 Å². The predicted octanol–water partition coefficient (Wildman–Crippen LogP) is 1.71. The van der Waals surface area contributed by atoms with E-state index in [0.717, 1.165) is 11.3 Å². The van der Waals surface area contributed by atoms with Gasteiger partial charge in [-0.25, -0.2) is 0 Å². The van der Waals surface area contributed by atoms with Crippen molar-refractivity contribution in [2.75, 3.05) is 12.0 Å². The van der Waals surface area contributed by atoms with E-state index >= 15 is 0 Å². The topological polar surface area (TPSA) is 70.9 Å². The number of aliphatic hydroxyl groups is 1. The first-order valence-electron chi connectivity index (χ1n) is 6.20. The molecular weight excluding hydrogens is 244 g/mol. The number of aliphatic hydroxyl groups excluding tert-OH is 1. The maximum absolute atomic E-state index is 11.9. The molecule has 2 rings (SSSR count). The third-order valence-electron chi connectivity index (χ3n) is 2.94. The summed E-state index contributed by atoms with van der Waals surface area (Å²) in [6.45, 7) is 3.97. The second kappa shape index (κ2) is 5.50. The molecule has 1 saturated heterocycles. The third-order valence-corrected chi connectivity index (χ3v) is 2.94. The van der Waals surface area contributed by atoms with Gasteiger partial charge in [0.15, 0.2) is 5.78 Å². The molecule has 1 heterocycles. The van der Waals surface area contributed by atoms with E-state index in [1.54, 1.807) is 6.07 Å². The first-order valence-corrected chi connectivity index (χ1v) is 6.20. The Balaban J connectivity index is 2.04. The molecule has 1 aliphatic heterocycles. The molecule has 5 nitrogen and oxygen atoms in total. The maximum atomic E-state index is 11.9. The van der Waals surface area contributed by atoms with E-state index in [4.69, 9.17) is 9.84 Å². The smallest absolute Gasteiger partial charge is 0.184 e. The lowest BCUT2D eigenvalue weighted by molar-refractivity contribution is -0.122. The molecule has 0 radical (unpaired) electrons. The third kappa shape index (κ3) is 3.62. The van der Waals surface area contributed by atoms with E-state index in [0.29, 0.717) is 12.1 Å². The molecule has 0 atom stereocenters. The number of Topliss-reactive ketones (excluding diaryl/α,β-unsaturated/α-hetero) is 1. The second-order valence-corrected chi connectivity index (χ2v) is 5.18. The molecule has 1 aliphatic rings. The molecule has 1 aromatic carbocycles. The summed E-state index contributed by atoms with van der Waals surface area (Å²) in [5.74, 6) is 0.00191. The van der Waals surface area contributed by atoms with Crippen molar-refractivity contribution in [2.45, 2.75) is 32.5 Å². The molecule has 2 N–H and O–H groups in total. The van der Waals surface area contributed by atoms with Crippen LogP contribution in [0.3, 0.4) is 0 Å². The minimum absolute atomic E-state index is 0.00191. The summed E-state index contributed by atoms with van der Waals surface area (Å²) in [4.78, 5) is 11.9. The van der Waals surface area contributed by atoms with Crippen molar-refractivity contribution in [2.24, 2.45) is 5.10 Å². The van der Waals surface area contributed by atoms with E-state index < -0.39 is 5.60 Å². The fourth-order valence-electron chi connectivity index (χ4n) is 1.85. The monoisotopic (exact) mass is 262 g/mol. The largest absolute Gasteiger partial charge is 0.392 e. The number of anilines is 1. The zero-order chi connectivity index (χ0) is 13.9. The van der Waals surface area contributed by atoms with Gasteiger partial charge in [0.2, 0.25) is 0 Å². The number of rotatable bonds is 3. The van der Waals surface area contributed by atoms with Gasteiger partial charge in [-0.05, 0) is 31.5 Å². The Morgan fingerprint density at radius 3 is 2.95 bits per heavy atom. The standard InChI is InChI=1S/C14H18N2O3/c1-14(2)7-13(18)12(9-19-14)16-15-11-5-3-4-10(6-11)8-17/h3-6,15,17H,7-9H2,1-2H3. The van der Waals surface area contributed by atoms with E-state index in [1.165, 1.54) is 0 Å². The quantitative estimate of drug-likeness (QED) is 0.814. The van der Waals surface area contributed by atoms with Gasteiger partial charge in [0.25, 0.3) is 0 Å². The highest BCUT2D eigenvalue weighted by Crippen LogP contribution is 2.20. The van der Waals surface area contributed by atoms with Crippen molar-refractivity contribution in [1.82, 2.24) is 0 Å². The van der Waals surface area contributed by atoms with Crippen LogP contribution in [0.1, 0.15) is 25.8 Å². The van der Waals surface area contributed by atoms with Gasteiger partial charge in [-0.2, -0.15) is 5.10 Å². The molecule has 102 valence electrons. The van der Waals surface area contributed by atoms with Crippen LogP contribution in [0.2, 0.25) is 0 Å². The highest BCUT2D eigenvalue weighted by atomic mass is 16.5. The maximum Gasteiger partial charge on any atom is 0.184 e. The number of nitrogens with zero attached hydrogens (tertiary/aromatic N) is 1. The van der Waals surface area contributed by atoms with E-state index in [2.05, 4.69) is 10.5 Å². The number of hydrogen-bond acceptors (Lipinski definition) is 5. The van der Waals surface area contributed by atoms with E-state index in [1.807, 2.05) is 32.0 Å². The number of hydrogen-bond donors (Lipinski definition) is 2. The summed E-state index contributed by atoms with van der Waals surface area (Å²) in [7, 11) is 0. The average molecular weight is 262 g/mol. The van der Waals surface area contributed by atoms with Crippen molar-refractivity contribution in [3.05, 3.63) is 29.8 Å². The highest BCUT2D eigenvalue weighted by molar-refractivity contribution is 6.41. The van der Waals surface area contributed by atoms with Gasteiger partial charge in [0.05, 0.1) is 24.5 Å². The van der Waals surface area contributed by atoms with Crippen LogP contribution < -0.4 is 5.43 Å². The van der Waals surface area contributed by atoms with Gasteiger partial charge in [0, 0.05) is 6.42 Å². The predicted molar refractivity (Wildman–Crippen MR) is 73.1 cm³/mol. The van der Waals surface area contributed by atoms with Crippen LogP contribution in [-0.4, -0.2) is 28.8 Å². The van der Waals surface area contributed by atoms with Crippen LogP contribution in [0.15, 0.2) is 29.4 Å². The Morgan fingerprint density at radius 2 is 2.26 bits per heavy atom. The zero-order valence-corrected chi connectivity index (χ0v) is 11.1. The SMILES string of the molecule is CC1(C)CC(=O)C(=NNc2cccc(CO)c2)CO1. The summed E-state index contributed by atoms with van der Waals surface area (Å²) in [5, 5.41) is 13.1. The van der Waals surface area contributed by atoms with Gasteiger partial charge in [-0.15, -0.1) is 0 Å². The number of hydrazone groups is 1. The molecular formula is C14H18N2O3. The number of ether oxygens (including phenoxy) is 1. The number of nitrogens with one attached hydrogen (secondary N) is 1. The van der Waals surface area contributed by atoms with Crippen molar-refractivity contribution in [3.8, 4) is 0 Å². The average Bonchev–Trinajstić information content (AvgIpc) is 2.37. The molecule has 0 bridgehead atoms. The molecule has 0 aliphatic carbocycles. The normalized spacial score (nSPS) is 20.6. The fourth-order valence-corrected chi connectivity index (χ4v) is 1.85. The highest BCUT2D eigenvalue weighted by Gasteiger charge is 2.31. The van der Waals surface area contributed by atoms with Crippen LogP contribution in [0.25, 0.3) is 0 Å².